The second kappa shape index (κ2) is 4.69. The van der Waals surface area contributed by atoms with Crippen molar-refractivity contribution in [3.8, 4) is 12.1 Å². The summed E-state index contributed by atoms with van der Waals surface area (Å²) in [6.07, 6.45) is 0. The van der Waals surface area contributed by atoms with E-state index in [0.717, 1.165) is 4.90 Å². The Morgan fingerprint density at radius 1 is 1.14 bits per heavy atom. The first kappa shape index (κ1) is 10.6. The van der Waals surface area contributed by atoms with Crippen LogP contribution in [0, 0.1) is 22.7 Å². The largest absolute Gasteiger partial charge is 0.192 e. The van der Waals surface area contributed by atoms with Gasteiger partial charge in [0.15, 0.2) is 0 Å². The highest BCUT2D eigenvalue weighted by molar-refractivity contribution is 8.00. The van der Waals surface area contributed by atoms with E-state index in [4.69, 9.17) is 10.5 Å². The summed E-state index contributed by atoms with van der Waals surface area (Å²) in [6, 6.07) is 9.43. The van der Waals surface area contributed by atoms with E-state index < -0.39 is 0 Å². The Morgan fingerprint density at radius 3 is 2.00 bits per heavy atom. The fourth-order valence-electron chi connectivity index (χ4n) is 1.08. The molecule has 0 aromatic heterocycles. The Labute approximate surface area is 88.2 Å². The number of benzene rings is 1. The highest BCUT2D eigenvalue weighted by Crippen LogP contribution is 2.29. The van der Waals surface area contributed by atoms with Gasteiger partial charge in [0, 0.05) is 10.1 Å². The van der Waals surface area contributed by atoms with Crippen molar-refractivity contribution in [1.82, 2.24) is 0 Å². The molecule has 2 nitrogen and oxygen atoms in total. The number of nitrogens with zero attached hydrogens (tertiary/aromatic N) is 2. The smallest absolute Gasteiger partial charge is 0.100 e. The van der Waals surface area contributed by atoms with Gasteiger partial charge in [-0.15, -0.1) is 11.8 Å². The minimum Gasteiger partial charge on any atom is -0.192 e. The molecule has 0 aliphatic carbocycles. The lowest BCUT2D eigenvalue weighted by Gasteiger charge is -2.07. The maximum atomic E-state index is 8.88. The average molecular weight is 202 g/mol. The predicted molar refractivity (Wildman–Crippen MR) is 56.9 cm³/mol. The summed E-state index contributed by atoms with van der Waals surface area (Å²) in [5, 5.41) is 18.1. The number of rotatable bonds is 2. The third-order valence-corrected chi connectivity index (χ3v) is 2.76. The van der Waals surface area contributed by atoms with Gasteiger partial charge in [-0.05, 0) is 12.1 Å². The van der Waals surface area contributed by atoms with Crippen molar-refractivity contribution in [3.63, 3.8) is 0 Å². The Kier molecular flexibility index (Phi) is 3.56. The van der Waals surface area contributed by atoms with Crippen molar-refractivity contribution in [2.24, 2.45) is 0 Å². The van der Waals surface area contributed by atoms with Crippen LogP contribution in [0.4, 0.5) is 0 Å². The van der Waals surface area contributed by atoms with E-state index in [2.05, 4.69) is 12.1 Å². The van der Waals surface area contributed by atoms with Gasteiger partial charge in [-0.25, -0.2) is 0 Å². The van der Waals surface area contributed by atoms with E-state index in [-0.39, 0.29) is 0 Å². The lowest BCUT2D eigenvalue weighted by molar-refractivity contribution is 1.11. The average Bonchev–Trinajstić information content (AvgIpc) is 2.17. The van der Waals surface area contributed by atoms with Crippen LogP contribution in [-0.2, 0) is 0 Å². The molecule has 70 valence electrons. The monoisotopic (exact) mass is 202 g/mol. The fourth-order valence-corrected chi connectivity index (χ4v) is 2.03. The van der Waals surface area contributed by atoms with Gasteiger partial charge in [0.2, 0.25) is 0 Å². The molecule has 0 atom stereocenters. The molecule has 0 fully saturated rings. The van der Waals surface area contributed by atoms with E-state index in [1.165, 1.54) is 0 Å². The van der Waals surface area contributed by atoms with Crippen LogP contribution in [0.2, 0.25) is 0 Å². The van der Waals surface area contributed by atoms with Crippen molar-refractivity contribution in [1.29, 1.82) is 10.5 Å². The topological polar surface area (TPSA) is 47.6 Å². The number of nitriles is 2. The molecule has 0 saturated heterocycles. The van der Waals surface area contributed by atoms with Crippen molar-refractivity contribution in [2.75, 3.05) is 0 Å². The van der Waals surface area contributed by atoms with Crippen molar-refractivity contribution in [2.45, 2.75) is 24.0 Å². The SMILES string of the molecule is CC(C)Sc1c(C#N)cccc1C#N. The second-order valence-electron chi connectivity index (χ2n) is 3.07. The van der Waals surface area contributed by atoms with Gasteiger partial charge in [0.1, 0.15) is 12.1 Å². The molecule has 0 amide bonds. The maximum absolute atomic E-state index is 8.88. The zero-order valence-corrected chi connectivity index (χ0v) is 8.93. The minimum atomic E-state index is 0.372. The zero-order valence-electron chi connectivity index (χ0n) is 8.11. The first-order chi connectivity index (χ1) is 6.69. The molecule has 0 N–H and O–H groups in total. The van der Waals surface area contributed by atoms with Gasteiger partial charge >= 0.3 is 0 Å². The summed E-state index contributed by atoms with van der Waals surface area (Å²) < 4.78 is 0. The van der Waals surface area contributed by atoms with Crippen molar-refractivity contribution < 1.29 is 0 Å². The molecule has 14 heavy (non-hydrogen) atoms. The highest BCUT2D eigenvalue weighted by Gasteiger charge is 2.09. The summed E-state index contributed by atoms with van der Waals surface area (Å²) in [5.74, 6) is 0. The van der Waals surface area contributed by atoms with E-state index in [0.29, 0.717) is 16.4 Å². The molecule has 0 spiro atoms. The highest BCUT2D eigenvalue weighted by atomic mass is 32.2. The Hall–Kier alpha value is -1.45. The van der Waals surface area contributed by atoms with Crippen LogP contribution in [0.3, 0.4) is 0 Å². The standard InChI is InChI=1S/C11H10N2S/c1-8(2)14-11-9(6-12)4-3-5-10(11)7-13/h3-5,8H,1-2H3. The Morgan fingerprint density at radius 2 is 1.64 bits per heavy atom. The van der Waals surface area contributed by atoms with Gasteiger partial charge in [0.25, 0.3) is 0 Å². The van der Waals surface area contributed by atoms with Crippen LogP contribution in [-0.4, -0.2) is 5.25 Å². The molecule has 0 radical (unpaired) electrons. The molecule has 0 aliphatic heterocycles. The van der Waals surface area contributed by atoms with E-state index in [1.54, 1.807) is 30.0 Å². The molecule has 3 heteroatoms. The quantitative estimate of drug-likeness (QED) is 0.693. The molecular weight excluding hydrogens is 192 g/mol. The summed E-state index contributed by atoms with van der Waals surface area (Å²) in [4.78, 5) is 0.799. The third kappa shape index (κ3) is 2.28. The van der Waals surface area contributed by atoms with E-state index in [9.17, 15) is 0 Å². The van der Waals surface area contributed by atoms with Crippen molar-refractivity contribution >= 4 is 11.8 Å². The van der Waals surface area contributed by atoms with Gasteiger partial charge in [-0.2, -0.15) is 10.5 Å². The van der Waals surface area contributed by atoms with Crippen LogP contribution in [0.1, 0.15) is 25.0 Å². The van der Waals surface area contributed by atoms with Crippen LogP contribution < -0.4 is 0 Å². The van der Waals surface area contributed by atoms with Crippen LogP contribution in [0.25, 0.3) is 0 Å². The Bertz CT molecular complexity index is 378. The molecular formula is C11H10N2S. The molecule has 0 heterocycles. The zero-order chi connectivity index (χ0) is 10.6. The van der Waals surface area contributed by atoms with E-state index in [1.807, 2.05) is 13.8 Å². The van der Waals surface area contributed by atoms with E-state index >= 15 is 0 Å². The Balaban J connectivity index is 3.23. The third-order valence-electron chi connectivity index (χ3n) is 1.61. The number of hydrogen-bond acceptors (Lipinski definition) is 3. The van der Waals surface area contributed by atoms with Gasteiger partial charge < -0.3 is 0 Å². The first-order valence-corrected chi connectivity index (χ1v) is 5.17. The maximum Gasteiger partial charge on any atom is 0.100 e. The second-order valence-corrected chi connectivity index (χ2v) is 4.66. The van der Waals surface area contributed by atoms with Crippen LogP contribution in [0.15, 0.2) is 23.1 Å². The van der Waals surface area contributed by atoms with Gasteiger partial charge in [0.05, 0.1) is 11.1 Å². The summed E-state index contributed by atoms with van der Waals surface area (Å²) in [5.41, 5.74) is 1.17. The molecule has 1 rings (SSSR count). The van der Waals surface area contributed by atoms with Gasteiger partial charge in [-0.1, -0.05) is 19.9 Å². The lowest BCUT2D eigenvalue weighted by atomic mass is 10.1. The number of thioether (sulfide) groups is 1. The molecule has 0 unspecified atom stereocenters. The number of hydrogen-bond donors (Lipinski definition) is 0. The molecule has 0 aliphatic rings. The summed E-state index contributed by atoms with van der Waals surface area (Å²) in [6.45, 7) is 4.08. The van der Waals surface area contributed by atoms with Crippen LogP contribution >= 0.6 is 11.8 Å². The molecule has 0 bridgehead atoms. The fraction of sp³-hybridized carbons (Fsp3) is 0.273. The normalized spacial score (nSPS) is 9.50. The molecule has 1 aromatic carbocycles. The van der Waals surface area contributed by atoms with Crippen LogP contribution in [0.5, 0.6) is 0 Å². The van der Waals surface area contributed by atoms with Gasteiger partial charge in [-0.3, -0.25) is 0 Å². The van der Waals surface area contributed by atoms with Crippen molar-refractivity contribution in [3.05, 3.63) is 29.3 Å². The summed E-state index contributed by atoms with van der Waals surface area (Å²) >= 11 is 1.56. The first-order valence-electron chi connectivity index (χ1n) is 4.29. The summed E-state index contributed by atoms with van der Waals surface area (Å²) in [7, 11) is 0. The lowest BCUT2D eigenvalue weighted by Crippen LogP contribution is -1.92. The molecule has 1 aromatic rings. The molecule has 0 saturated carbocycles. The minimum absolute atomic E-state index is 0.372. The predicted octanol–water partition coefficient (Wildman–Crippen LogP) is 2.93.